The molecule has 4 saturated carbocycles. The van der Waals surface area contributed by atoms with Crippen LogP contribution in [-0.2, 0) is 88.5 Å². The summed E-state index contributed by atoms with van der Waals surface area (Å²) >= 11 is 0. The predicted octanol–water partition coefficient (Wildman–Crippen LogP) is -3.60. The van der Waals surface area contributed by atoms with Gasteiger partial charge in [-0.25, -0.2) is 14.6 Å². The van der Waals surface area contributed by atoms with Crippen LogP contribution in [0.1, 0.15) is 242 Å². The van der Waals surface area contributed by atoms with Crippen molar-refractivity contribution in [2.75, 3.05) is 44.2 Å². The Kier molecular flexibility index (Phi) is 44.5. The highest BCUT2D eigenvalue weighted by atomic mass is 16.2. The van der Waals surface area contributed by atoms with Crippen LogP contribution in [0.15, 0.2) is 59.8 Å². The second-order valence-corrected chi connectivity index (χ2v) is 39.3. The predicted molar refractivity (Wildman–Crippen MR) is 537 cm³/mol. The van der Waals surface area contributed by atoms with Crippen LogP contribution < -0.4 is 143 Å². The Morgan fingerprint density at radius 3 is 1.07 bits per heavy atom. The summed E-state index contributed by atoms with van der Waals surface area (Å²) in [5, 5.41) is 35.7. The van der Waals surface area contributed by atoms with E-state index in [0.717, 1.165) is 4.57 Å². The molecule has 6 aromatic heterocycles. The highest BCUT2D eigenvalue weighted by Crippen LogP contribution is 2.31. The zero-order valence-corrected chi connectivity index (χ0v) is 83.0. The minimum Gasteiger partial charge on any atom is -0.369 e. The number of hydrogen-bond donors (Lipinski definition) is 24. The summed E-state index contributed by atoms with van der Waals surface area (Å²) in [6.45, 7) is 3.12. The maximum absolute atomic E-state index is 15.0. The third-order valence-electron chi connectivity index (χ3n) is 27.4. The molecule has 0 radical (unpaired) electrons. The SMILES string of the molecule is Cc1cn(C[C@H](CC(=O)N[C@@H]2CCCC[C@H]2C(=O)NCC(N)=O)NC(=O)C[C@@H](CCCCN)NC(=O)[C@@H]2CCCC[C@H]2NC(=O)C[C@@H](Cn2cnc3c(=O)[nH]c(N)nc32)NC(=O)C[C@@H](CCCCN)NC(=O)[C@@H]2CCCC[C@H]2NC(=O)C[C@@H](Cn2ccc3c(=O)[nH]c(N)nc32)NC(=O)C[C@@H](CCCCN)NC(=O)[C@@H]2CCCC[C@H]2NC(=O)C[C@@H](Cn2cc(C)c(=O)[nH]c2=O)NC(=O)C[C@H](N)CCCCN)c(=O)[nH]c1=O. The van der Waals surface area contributed by atoms with E-state index in [-0.39, 0.29) is 129 Å². The fraction of sp³-hybridized carbons (Fsp3) is 0.663. The van der Waals surface area contributed by atoms with E-state index in [2.05, 4.69) is 98.7 Å². The van der Waals surface area contributed by atoms with Crippen LogP contribution in [0.5, 0.6) is 0 Å². The van der Waals surface area contributed by atoms with E-state index in [1.165, 1.54) is 47.8 Å². The molecule has 0 spiro atoms. The second kappa shape index (κ2) is 56.8. The Balaban J connectivity index is 0.803. The van der Waals surface area contributed by atoms with Crippen molar-refractivity contribution in [3.05, 3.63) is 104 Å². The summed E-state index contributed by atoms with van der Waals surface area (Å²) in [6, 6.07) is -8.54. The van der Waals surface area contributed by atoms with Gasteiger partial charge in [-0.1, -0.05) is 77.0 Å². The summed E-state index contributed by atoms with van der Waals surface area (Å²) in [5.41, 5.74) is 43.8. The van der Waals surface area contributed by atoms with E-state index in [9.17, 15) is 86.3 Å². The summed E-state index contributed by atoms with van der Waals surface area (Å²) in [6.07, 6.45) is 16.7. The molecule has 798 valence electrons. The van der Waals surface area contributed by atoms with Crippen molar-refractivity contribution in [3.63, 3.8) is 0 Å². The van der Waals surface area contributed by atoms with Crippen molar-refractivity contribution in [2.45, 2.75) is 344 Å². The van der Waals surface area contributed by atoms with Gasteiger partial charge < -0.3 is 119 Å². The number of nitrogens with zero attached hydrogens (tertiary/aromatic N) is 7. The Morgan fingerprint density at radius 2 is 0.697 bits per heavy atom. The van der Waals surface area contributed by atoms with Crippen molar-refractivity contribution in [3.8, 4) is 0 Å². The molecule has 13 amide bonds. The molecule has 0 saturated heterocycles. The first kappa shape index (κ1) is 114. The van der Waals surface area contributed by atoms with Gasteiger partial charge in [0.2, 0.25) is 88.7 Å². The van der Waals surface area contributed by atoms with Gasteiger partial charge in [-0.3, -0.25) is 111 Å². The quantitative estimate of drug-likeness (QED) is 0.0164. The summed E-state index contributed by atoms with van der Waals surface area (Å²) < 4.78 is 5.36. The summed E-state index contributed by atoms with van der Waals surface area (Å²) in [4.78, 5) is 284. The highest BCUT2D eigenvalue weighted by molar-refractivity contribution is 5.89. The molecule has 0 bridgehead atoms. The van der Waals surface area contributed by atoms with Gasteiger partial charge in [-0.05, 0) is 149 Å². The number of aromatic nitrogens is 11. The van der Waals surface area contributed by atoms with Gasteiger partial charge in [0.05, 0.1) is 66.1 Å². The highest BCUT2D eigenvalue weighted by Gasteiger charge is 2.41. The van der Waals surface area contributed by atoms with Crippen LogP contribution in [0, 0.1) is 37.5 Å². The van der Waals surface area contributed by atoms with E-state index >= 15 is 4.79 Å². The molecular weight excluding hydrogens is 1880 g/mol. The maximum atomic E-state index is 15.0. The van der Waals surface area contributed by atoms with Crippen LogP contribution in [0.2, 0.25) is 0 Å². The lowest BCUT2D eigenvalue weighted by molar-refractivity contribution is -0.132. The first-order valence-electron chi connectivity index (χ1n) is 51.0. The molecule has 4 fully saturated rings. The van der Waals surface area contributed by atoms with Crippen molar-refractivity contribution >= 4 is 111 Å². The van der Waals surface area contributed by atoms with Crippen LogP contribution in [0.25, 0.3) is 22.2 Å². The lowest BCUT2D eigenvalue weighted by Crippen LogP contribution is -2.53. The monoisotopic (exact) mass is 2030 g/mol. The standard InChI is InChI=1S/C95H149N31O19/c1-53-46-124(94(144)121-84(53)136)49-60(106-73(128)37-55(100)19-11-15-32-96)42-79(134)115-70-29-9-5-25-65(70)88(140)110-56(20-12-16-33-97)38-74(129)107-59(48-123-36-31-67-82(123)117-92(102)119-90(67)142)41-77(132)114-69-28-8-4-24-64(69)87(139)112-58(22-14-18-35-99)40-76(131)109-62(51-126-52-105-81-83(126)118-93(103)120-91(81)143)44-80(135)116-71-30-10-6-26-66(71)89(141)111-57(21-13-17-34-98)39-75(130)108-61(50-125-47-54(2)85(137)122-95(125)145)43-78(133)113-68-27-7-3-23-63(68)86(138)104-45-72(101)127/h31,36,46-47,52,55-66,68-71H,3-30,32-35,37-45,48-51,96-100H2,1-2H3,(H2,101,127)(H,104,138)(H,106,128)(H,107,129)(H,108,130)(H,109,131)(H,110,140)(H,111,141)(H,112,139)(H,113,133)(H,114,132)(H,115,134)(H,116,135)(H,121,136,144)(H,122,137,145)(H3,102,117,119,142)(H3,103,118,120,143)/t55-,56-,57-,58-,59+,60+,61+,62+,63-,64-,65-,66-,68-,69-,70-,71-/m1/s1. The lowest BCUT2D eigenvalue weighted by atomic mass is 9.83. The van der Waals surface area contributed by atoms with E-state index in [1.807, 2.05) is 0 Å². The zero-order valence-electron chi connectivity index (χ0n) is 83.0. The van der Waals surface area contributed by atoms with Crippen LogP contribution >= 0.6 is 0 Å². The first-order valence-corrected chi connectivity index (χ1v) is 51.0. The van der Waals surface area contributed by atoms with E-state index < -0.39 is 226 Å². The minimum absolute atomic E-state index is 0.0330. The molecule has 16 atom stereocenters. The molecule has 0 aliphatic heterocycles. The number of nitrogens with one attached hydrogen (secondary N) is 16. The molecule has 50 nitrogen and oxygen atoms in total. The number of aromatic amines is 4. The molecule has 10 rings (SSSR count). The van der Waals surface area contributed by atoms with Gasteiger partial charge in [0.15, 0.2) is 11.2 Å². The van der Waals surface area contributed by atoms with Gasteiger partial charge in [0.25, 0.3) is 22.2 Å². The minimum atomic E-state index is -1.10. The van der Waals surface area contributed by atoms with Crippen LogP contribution in [-0.4, -0.2) is 235 Å². The fourth-order valence-electron chi connectivity index (χ4n) is 20.1. The smallest absolute Gasteiger partial charge is 0.328 e. The Bertz CT molecular complexity index is 5730. The number of rotatable bonds is 57. The maximum Gasteiger partial charge on any atom is 0.328 e. The average Bonchev–Trinajstić information content (AvgIpc) is 1.66. The van der Waals surface area contributed by atoms with Gasteiger partial charge >= 0.3 is 11.4 Å². The Morgan fingerprint density at radius 1 is 0.372 bits per heavy atom. The number of anilines is 2. The number of fused-ring (bicyclic) bond motifs is 2. The van der Waals surface area contributed by atoms with Crippen LogP contribution in [0.3, 0.4) is 0 Å². The molecule has 4 aliphatic carbocycles. The number of H-pyrrole nitrogens is 4. The average molecular weight is 2030 g/mol. The summed E-state index contributed by atoms with van der Waals surface area (Å²) in [5.74, 6) is -10.7. The van der Waals surface area contributed by atoms with Crippen molar-refractivity contribution < 1.29 is 62.3 Å². The molecule has 0 aromatic carbocycles. The topological polar surface area (TPSA) is 798 Å². The molecule has 0 unspecified atom stereocenters. The number of carbonyl (C=O) groups is 13. The lowest BCUT2D eigenvalue weighted by Gasteiger charge is -2.33. The number of imidazole rings is 1. The third-order valence-corrected chi connectivity index (χ3v) is 27.4. The van der Waals surface area contributed by atoms with Gasteiger partial charge in [-0.2, -0.15) is 9.97 Å². The molecule has 6 heterocycles. The van der Waals surface area contributed by atoms with Crippen molar-refractivity contribution in [1.29, 1.82) is 0 Å². The second-order valence-electron chi connectivity index (χ2n) is 39.3. The van der Waals surface area contributed by atoms with E-state index in [0.29, 0.717) is 187 Å². The number of primary amides is 1. The molecule has 32 N–H and O–H groups in total. The van der Waals surface area contributed by atoms with Crippen molar-refractivity contribution in [1.82, 2.24) is 117 Å². The normalized spacial score (nSPS) is 19.6. The number of nitrogens with two attached hydrogens (primary N) is 8. The number of hydrogen-bond acceptors (Lipinski definition) is 29. The summed E-state index contributed by atoms with van der Waals surface area (Å²) in [7, 11) is 0. The Labute approximate surface area is 836 Å². The van der Waals surface area contributed by atoms with E-state index in [4.69, 9.17) is 45.9 Å². The number of amides is 13. The largest absolute Gasteiger partial charge is 0.369 e. The number of carbonyl (C=O) groups excluding carboxylic acids is 13. The molecular formula is C95H149N31O19. The zero-order chi connectivity index (χ0) is 105. The fourth-order valence-corrected chi connectivity index (χ4v) is 20.1. The molecule has 145 heavy (non-hydrogen) atoms. The Hall–Kier alpha value is -13.4. The molecule has 4 aliphatic rings. The molecule has 6 aromatic rings. The number of aryl methyl sites for hydroxylation is 2. The van der Waals surface area contributed by atoms with Gasteiger partial charge in [0.1, 0.15) is 5.65 Å². The van der Waals surface area contributed by atoms with Gasteiger partial charge in [0, 0.05) is 156 Å². The van der Waals surface area contributed by atoms with E-state index in [1.54, 1.807) is 10.8 Å². The molecule has 50 heteroatoms. The first-order chi connectivity index (χ1) is 69.4. The van der Waals surface area contributed by atoms with Crippen LogP contribution in [0.4, 0.5) is 11.9 Å². The van der Waals surface area contributed by atoms with Gasteiger partial charge in [-0.15, -0.1) is 0 Å². The number of nitrogen functional groups attached to an aromatic ring is 2. The van der Waals surface area contributed by atoms with Crippen molar-refractivity contribution in [2.24, 2.45) is 58.1 Å². The third kappa shape index (κ3) is 35.8. The number of unbranched alkanes of at least 4 members (excludes halogenated alkanes) is 4.